The minimum atomic E-state index is -0.190. The van der Waals surface area contributed by atoms with Crippen molar-refractivity contribution in [1.82, 2.24) is 19.7 Å². The second kappa shape index (κ2) is 7.05. The monoisotopic (exact) mass is 364 g/mol. The molecule has 0 fully saturated rings. The highest BCUT2D eigenvalue weighted by molar-refractivity contribution is 7.98. The number of H-pyrrole nitrogens is 1. The van der Waals surface area contributed by atoms with Gasteiger partial charge in [-0.3, -0.25) is 4.79 Å². The summed E-state index contributed by atoms with van der Waals surface area (Å²) in [4.78, 5) is 19.8. The number of nitrogens with zero attached hydrogens (tertiary/aromatic N) is 3. The average molecular weight is 364 g/mol. The molecule has 7 heteroatoms. The Morgan fingerprint density at radius 3 is 2.62 bits per heavy atom. The Labute approximate surface area is 153 Å². The van der Waals surface area contributed by atoms with Crippen LogP contribution in [0.1, 0.15) is 5.56 Å². The van der Waals surface area contributed by atoms with Gasteiger partial charge in [-0.15, -0.1) is 0 Å². The molecule has 0 aliphatic carbocycles. The number of ether oxygens (including phenoxy) is 1. The molecule has 0 saturated heterocycles. The van der Waals surface area contributed by atoms with E-state index in [2.05, 4.69) is 15.1 Å². The van der Waals surface area contributed by atoms with E-state index in [0.29, 0.717) is 16.2 Å². The van der Waals surface area contributed by atoms with Crippen LogP contribution in [-0.2, 0) is 5.75 Å². The van der Waals surface area contributed by atoms with Gasteiger partial charge in [0.05, 0.1) is 19.0 Å². The van der Waals surface area contributed by atoms with Crippen molar-refractivity contribution in [1.29, 1.82) is 0 Å². The van der Waals surface area contributed by atoms with Gasteiger partial charge in [0.2, 0.25) is 0 Å². The third kappa shape index (κ3) is 3.21. The van der Waals surface area contributed by atoms with Gasteiger partial charge in [0, 0.05) is 5.75 Å². The third-order valence-electron chi connectivity index (χ3n) is 3.95. The molecule has 4 aromatic rings. The fourth-order valence-corrected chi connectivity index (χ4v) is 3.42. The van der Waals surface area contributed by atoms with Gasteiger partial charge < -0.3 is 9.72 Å². The molecule has 0 radical (unpaired) electrons. The third-order valence-corrected chi connectivity index (χ3v) is 4.90. The molecule has 1 N–H and O–H groups in total. The zero-order valence-electron chi connectivity index (χ0n) is 14.0. The lowest BCUT2D eigenvalue weighted by atomic mass is 10.2. The van der Waals surface area contributed by atoms with E-state index in [9.17, 15) is 4.79 Å². The molecule has 6 nitrogen and oxygen atoms in total. The van der Waals surface area contributed by atoms with Crippen LogP contribution in [0.3, 0.4) is 0 Å². The van der Waals surface area contributed by atoms with Crippen LogP contribution in [0, 0.1) is 0 Å². The molecule has 2 aromatic heterocycles. The van der Waals surface area contributed by atoms with Gasteiger partial charge in [0.15, 0.2) is 10.8 Å². The maximum Gasteiger partial charge on any atom is 0.262 e. The number of fused-ring (bicyclic) bond motifs is 1. The molecular formula is C19H16N4O2S. The van der Waals surface area contributed by atoms with Gasteiger partial charge in [0.25, 0.3) is 5.56 Å². The maximum absolute atomic E-state index is 12.4. The van der Waals surface area contributed by atoms with Crippen LogP contribution in [0.25, 0.3) is 16.7 Å². The van der Waals surface area contributed by atoms with E-state index in [1.807, 2.05) is 54.6 Å². The van der Waals surface area contributed by atoms with Gasteiger partial charge in [-0.1, -0.05) is 42.1 Å². The number of hydrogen-bond donors (Lipinski definition) is 1. The number of hydrogen-bond acceptors (Lipinski definition) is 5. The van der Waals surface area contributed by atoms with Crippen molar-refractivity contribution in [3.05, 3.63) is 76.7 Å². The van der Waals surface area contributed by atoms with Gasteiger partial charge in [-0.2, -0.15) is 5.10 Å². The first-order valence-electron chi connectivity index (χ1n) is 8.04. The molecule has 2 heterocycles. The van der Waals surface area contributed by atoms with Crippen molar-refractivity contribution >= 4 is 22.8 Å². The normalized spacial score (nSPS) is 11.0. The van der Waals surface area contributed by atoms with Gasteiger partial charge in [-0.05, 0) is 29.8 Å². The topological polar surface area (TPSA) is 72.8 Å². The van der Waals surface area contributed by atoms with Crippen LogP contribution in [0.4, 0.5) is 0 Å². The Morgan fingerprint density at radius 1 is 1.12 bits per heavy atom. The average Bonchev–Trinajstić information content (AvgIpc) is 3.12. The number of thioether (sulfide) groups is 1. The smallest absolute Gasteiger partial charge is 0.262 e. The molecule has 0 saturated carbocycles. The van der Waals surface area contributed by atoms with Crippen molar-refractivity contribution in [2.24, 2.45) is 0 Å². The standard InChI is InChI=1S/C19H16N4O2S/c1-25-15-9-7-14(8-10-15)23-17-16(11-20-23)18(24)22-19(21-17)26-12-13-5-3-2-4-6-13/h2-11H,12H2,1H3,(H,21,22,24). The number of nitrogens with one attached hydrogen (secondary N) is 1. The van der Waals surface area contributed by atoms with Crippen LogP contribution >= 0.6 is 11.8 Å². The highest BCUT2D eigenvalue weighted by Gasteiger charge is 2.12. The first kappa shape index (κ1) is 16.4. The second-order valence-electron chi connectivity index (χ2n) is 5.64. The lowest BCUT2D eigenvalue weighted by Gasteiger charge is -2.06. The van der Waals surface area contributed by atoms with Crippen LogP contribution in [-0.4, -0.2) is 26.9 Å². The van der Waals surface area contributed by atoms with E-state index >= 15 is 0 Å². The van der Waals surface area contributed by atoms with Crippen LogP contribution in [0.15, 0.2) is 70.7 Å². The highest BCUT2D eigenvalue weighted by atomic mass is 32.2. The molecule has 0 amide bonds. The zero-order chi connectivity index (χ0) is 17.9. The molecule has 26 heavy (non-hydrogen) atoms. The number of aromatic amines is 1. The minimum Gasteiger partial charge on any atom is -0.497 e. The Hall–Kier alpha value is -3.06. The predicted octanol–water partition coefficient (Wildman–Crippen LogP) is 3.41. The highest BCUT2D eigenvalue weighted by Crippen LogP contribution is 2.22. The summed E-state index contributed by atoms with van der Waals surface area (Å²) in [5.74, 6) is 1.49. The maximum atomic E-state index is 12.4. The van der Waals surface area contributed by atoms with Crippen LogP contribution < -0.4 is 10.3 Å². The summed E-state index contributed by atoms with van der Waals surface area (Å²) in [5.41, 5.74) is 2.33. The first-order valence-corrected chi connectivity index (χ1v) is 9.02. The van der Waals surface area contributed by atoms with Gasteiger partial charge in [-0.25, -0.2) is 9.67 Å². The molecule has 0 bridgehead atoms. The number of benzene rings is 2. The molecule has 4 rings (SSSR count). The SMILES string of the molecule is COc1ccc(-n2ncc3c(=O)[nH]c(SCc4ccccc4)nc32)cc1. The van der Waals surface area contributed by atoms with E-state index in [0.717, 1.165) is 17.2 Å². The Kier molecular flexibility index (Phi) is 4.45. The van der Waals surface area contributed by atoms with E-state index in [4.69, 9.17) is 4.74 Å². The van der Waals surface area contributed by atoms with Crippen LogP contribution in [0.2, 0.25) is 0 Å². The summed E-state index contributed by atoms with van der Waals surface area (Å²) in [6.07, 6.45) is 1.54. The van der Waals surface area contributed by atoms with Crippen molar-refractivity contribution in [2.75, 3.05) is 7.11 Å². The summed E-state index contributed by atoms with van der Waals surface area (Å²) in [6.45, 7) is 0. The van der Waals surface area contributed by atoms with E-state index in [1.54, 1.807) is 11.8 Å². The van der Waals surface area contributed by atoms with Crippen molar-refractivity contribution < 1.29 is 4.74 Å². The Balaban J connectivity index is 1.69. The van der Waals surface area contributed by atoms with Crippen molar-refractivity contribution in [3.8, 4) is 11.4 Å². The summed E-state index contributed by atoms with van der Waals surface area (Å²) >= 11 is 1.49. The molecule has 130 valence electrons. The number of aromatic nitrogens is 4. The summed E-state index contributed by atoms with van der Waals surface area (Å²) in [5, 5.41) is 5.36. The second-order valence-corrected chi connectivity index (χ2v) is 6.60. The molecule has 2 aromatic carbocycles. The van der Waals surface area contributed by atoms with E-state index in [1.165, 1.54) is 23.5 Å². The molecule has 0 spiro atoms. The lowest BCUT2D eigenvalue weighted by molar-refractivity contribution is 0.414. The fourth-order valence-electron chi connectivity index (χ4n) is 2.60. The lowest BCUT2D eigenvalue weighted by Crippen LogP contribution is -2.09. The number of methoxy groups -OCH3 is 1. The quantitative estimate of drug-likeness (QED) is 0.434. The van der Waals surface area contributed by atoms with Gasteiger partial charge in [0.1, 0.15) is 11.1 Å². The molecule has 0 aliphatic rings. The van der Waals surface area contributed by atoms with Crippen LogP contribution in [0.5, 0.6) is 5.75 Å². The fraction of sp³-hybridized carbons (Fsp3) is 0.105. The minimum absolute atomic E-state index is 0.190. The van der Waals surface area contributed by atoms with Gasteiger partial charge >= 0.3 is 0 Å². The predicted molar refractivity (Wildman–Crippen MR) is 102 cm³/mol. The summed E-state index contributed by atoms with van der Waals surface area (Å²) < 4.78 is 6.85. The first-order chi connectivity index (χ1) is 12.7. The van der Waals surface area contributed by atoms with E-state index in [-0.39, 0.29) is 5.56 Å². The van der Waals surface area contributed by atoms with E-state index < -0.39 is 0 Å². The molecule has 0 unspecified atom stereocenters. The Morgan fingerprint density at radius 2 is 1.88 bits per heavy atom. The molecule has 0 atom stereocenters. The van der Waals surface area contributed by atoms with Crippen molar-refractivity contribution in [2.45, 2.75) is 10.9 Å². The summed E-state index contributed by atoms with van der Waals surface area (Å²) in [7, 11) is 1.62. The summed E-state index contributed by atoms with van der Waals surface area (Å²) in [6, 6.07) is 17.5. The molecular weight excluding hydrogens is 348 g/mol. The molecule has 0 aliphatic heterocycles. The number of rotatable bonds is 5. The Bertz CT molecular complexity index is 1090. The largest absolute Gasteiger partial charge is 0.497 e. The zero-order valence-corrected chi connectivity index (χ0v) is 14.9. The van der Waals surface area contributed by atoms with Crippen molar-refractivity contribution in [3.63, 3.8) is 0 Å².